The first-order valence-electron chi connectivity index (χ1n) is 9.41. The topological polar surface area (TPSA) is 84.9 Å². The largest absolute Gasteiger partial charge is 0.493 e. The van der Waals surface area contributed by atoms with Crippen molar-refractivity contribution in [1.82, 2.24) is 0 Å². The van der Waals surface area contributed by atoms with Gasteiger partial charge in [0.05, 0.1) is 29.8 Å². The molecule has 0 heterocycles. The van der Waals surface area contributed by atoms with Crippen molar-refractivity contribution in [2.45, 2.75) is 4.90 Å². The zero-order chi connectivity index (χ0) is 24.2. The van der Waals surface area contributed by atoms with Gasteiger partial charge in [0, 0.05) is 11.8 Å². The number of hydrogen-bond acceptors (Lipinski definition) is 5. The summed E-state index contributed by atoms with van der Waals surface area (Å²) in [5.74, 6) is -1.49. The summed E-state index contributed by atoms with van der Waals surface area (Å²) < 4.78 is 64.9. The molecule has 174 valence electrons. The number of benzene rings is 3. The molecule has 0 aromatic heterocycles. The third-order valence-corrected chi connectivity index (χ3v) is 6.61. The average Bonchev–Trinajstić information content (AvgIpc) is 2.80. The molecule has 1 N–H and O–H groups in total. The normalized spacial score (nSPS) is 11.1. The van der Waals surface area contributed by atoms with Gasteiger partial charge in [0.15, 0.2) is 11.5 Å². The third kappa shape index (κ3) is 5.52. The molecule has 0 fully saturated rings. The molecule has 3 rings (SSSR count). The summed E-state index contributed by atoms with van der Waals surface area (Å²) in [5, 5.41) is 2.26. The summed E-state index contributed by atoms with van der Waals surface area (Å²) in [6.45, 7) is -0.655. The highest BCUT2D eigenvalue weighted by Crippen LogP contribution is 2.32. The summed E-state index contributed by atoms with van der Waals surface area (Å²) in [4.78, 5) is 12.5. The second-order valence-electron chi connectivity index (χ2n) is 6.68. The lowest BCUT2D eigenvalue weighted by Gasteiger charge is -2.24. The molecule has 0 atom stereocenters. The predicted octanol–water partition coefficient (Wildman–Crippen LogP) is 4.47. The molecule has 11 heteroatoms. The van der Waals surface area contributed by atoms with Crippen molar-refractivity contribution in [3.05, 3.63) is 77.3 Å². The van der Waals surface area contributed by atoms with Crippen molar-refractivity contribution in [3.63, 3.8) is 0 Å². The fraction of sp³-hybridized carbons (Fsp3) is 0.136. The van der Waals surface area contributed by atoms with Gasteiger partial charge >= 0.3 is 0 Å². The molecule has 1 amide bonds. The molecule has 0 spiro atoms. The quantitative estimate of drug-likeness (QED) is 0.497. The summed E-state index contributed by atoms with van der Waals surface area (Å²) in [5.41, 5.74) is 0.229. The van der Waals surface area contributed by atoms with E-state index in [2.05, 4.69) is 5.32 Å². The SMILES string of the molecule is COc1ccc(S(=O)(=O)N(CC(=O)Nc2ccc(F)c(Cl)c2)c2ccc(F)cc2)cc1OC. The number of ether oxygens (including phenoxy) is 2. The molecule has 0 aliphatic rings. The highest BCUT2D eigenvalue weighted by Gasteiger charge is 2.28. The first-order valence-corrected chi connectivity index (χ1v) is 11.2. The lowest BCUT2D eigenvalue weighted by atomic mass is 10.3. The van der Waals surface area contributed by atoms with E-state index in [-0.39, 0.29) is 27.0 Å². The monoisotopic (exact) mass is 496 g/mol. The molecule has 0 saturated heterocycles. The van der Waals surface area contributed by atoms with E-state index in [1.165, 1.54) is 56.7 Å². The van der Waals surface area contributed by atoms with Crippen LogP contribution in [-0.4, -0.2) is 35.1 Å². The number of methoxy groups -OCH3 is 2. The molecule has 0 aliphatic heterocycles. The molecule has 3 aromatic rings. The van der Waals surface area contributed by atoms with E-state index >= 15 is 0 Å². The van der Waals surface area contributed by atoms with E-state index in [9.17, 15) is 22.0 Å². The number of rotatable bonds is 8. The smallest absolute Gasteiger partial charge is 0.264 e. The van der Waals surface area contributed by atoms with Crippen molar-refractivity contribution in [2.24, 2.45) is 0 Å². The maximum absolute atomic E-state index is 13.5. The zero-order valence-corrected chi connectivity index (χ0v) is 19.1. The van der Waals surface area contributed by atoms with Crippen molar-refractivity contribution >= 4 is 38.9 Å². The maximum atomic E-state index is 13.5. The highest BCUT2D eigenvalue weighted by molar-refractivity contribution is 7.92. The number of halogens is 3. The highest BCUT2D eigenvalue weighted by atomic mass is 35.5. The van der Waals surface area contributed by atoms with Crippen LogP contribution in [0.4, 0.5) is 20.2 Å². The van der Waals surface area contributed by atoms with Crippen LogP contribution in [0, 0.1) is 11.6 Å². The summed E-state index contributed by atoms with van der Waals surface area (Å²) in [7, 11) is -1.54. The Kier molecular flexibility index (Phi) is 7.39. The Morgan fingerprint density at radius 2 is 1.64 bits per heavy atom. The lowest BCUT2D eigenvalue weighted by molar-refractivity contribution is -0.114. The van der Waals surface area contributed by atoms with Crippen molar-refractivity contribution in [3.8, 4) is 11.5 Å². The minimum atomic E-state index is -4.30. The molecular weight excluding hydrogens is 478 g/mol. The van der Waals surface area contributed by atoms with Crippen LogP contribution < -0.4 is 19.1 Å². The van der Waals surface area contributed by atoms with Crippen molar-refractivity contribution in [1.29, 1.82) is 0 Å². The van der Waals surface area contributed by atoms with Crippen LogP contribution in [-0.2, 0) is 14.8 Å². The van der Waals surface area contributed by atoms with Gasteiger partial charge in [-0.15, -0.1) is 0 Å². The van der Waals surface area contributed by atoms with E-state index in [1.54, 1.807) is 0 Å². The lowest BCUT2D eigenvalue weighted by Crippen LogP contribution is -2.38. The van der Waals surface area contributed by atoms with Gasteiger partial charge in [-0.25, -0.2) is 17.2 Å². The van der Waals surface area contributed by atoms with Gasteiger partial charge in [-0.2, -0.15) is 0 Å². The standard InChI is InChI=1S/C22H19ClF2N2O5S/c1-31-20-10-8-17(12-21(20)32-2)33(29,30)27(16-6-3-14(24)4-7-16)13-22(28)26-15-5-9-19(25)18(23)11-15/h3-12H,13H2,1-2H3,(H,26,28). The summed E-state index contributed by atoms with van der Waals surface area (Å²) in [6, 6.07) is 12.1. The first kappa shape index (κ1) is 24.3. The first-order chi connectivity index (χ1) is 15.6. The minimum Gasteiger partial charge on any atom is -0.493 e. The van der Waals surface area contributed by atoms with Gasteiger partial charge < -0.3 is 14.8 Å². The fourth-order valence-electron chi connectivity index (χ4n) is 2.93. The van der Waals surface area contributed by atoms with Crippen LogP contribution in [0.25, 0.3) is 0 Å². The van der Waals surface area contributed by atoms with E-state index < -0.39 is 34.1 Å². The number of nitrogens with one attached hydrogen (secondary N) is 1. The van der Waals surface area contributed by atoms with Crippen molar-refractivity contribution < 1.29 is 31.5 Å². The average molecular weight is 497 g/mol. The van der Waals surface area contributed by atoms with Crippen LogP contribution in [0.1, 0.15) is 0 Å². The molecule has 33 heavy (non-hydrogen) atoms. The summed E-state index contributed by atoms with van der Waals surface area (Å²) >= 11 is 5.73. The molecule has 0 unspecified atom stereocenters. The van der Waals surface area contributed by atoms with Crippen LogP contribution in [0.3, 0.4) is 0 Å². The third-order valence-electron chi connectivity index (χ3n) is 4.55. The van der Waals surface area contributed by atoms with Crippen molar-refractivity contribution in [2.75, 3.05) is 30.4 Å². The number of sulfonamides is 1. The number of carbonyl (C=O) groups excluding carboxylic acids is 1. The Morgan fingerprint density at radius 1 is 0.970 bits per heavy atom. The van der Waals surface area contributed by atoms with Gasteiger partial charge in [0.1, 0.15) is 18.2 Å². The van der Waals surface area contributed by atoms with Gasteiger partial charge in [-0.05, 0) is 54.6 Å². The second-order valence-corrected chi connectivity index (χ2v) is 8.95. The van der Waals surface area contributed by atoms with Gasteiger partial charge in [-0.3, -0.25) is 9.10 Å². The maximum Gasteiger partial charge on any atom is 0.264 e. The molecule has 7 nitrogen and oxygen atoms in total. The molecule has 0 aliphatic carbocycles. The number of nitrogens with zero attached hydrogens (tertiary/aromatic N) is 1. The number of anilines is 2. The second kappa shape index (κ2) is 10.1. The van der Waals surface area contributed by atoms with Crippen LogP contribution in [0.5, 0.6) is 11.5 Å². The molecular formula is C22H19ClF2N2O5S. The zero-order valence-electron chi connectivity index (χ0n) is 17.5. The van der Waals surface area contributed by atoms with E-state index in [1.807, 2.05) is 0 Å². The number of hydrogen-bond donors (Lipinski definition) is 1. The van der Waals surface area contributed by atoms with E-state index in [4.69, 9.17) is 21.1 Å². The molecule has 0 saturated carbocycles. The molecule has 0 bridgehead atoms. The van der Waals surface area contributed by atoms with Gasteiger partial charge in [0.25, 0.3) is 10.0 Å². The fourth-order valence-corrected chi connectivity index (χ4v) is 4.55. The summed E-state index contributed by atoms with van der Waals surface area (Å²) in [6.07, 6.45) is 0. The number of carbonyl (C=O) groups is 1. The Bertz CT molecular complexity index is 1270. The Labute approximate surface area is 194 Å². The Balaban J connectivity index is 1.98. The van der Waals surface area contributed by atoms with Crippen LogP contribution >= 0.6 is 11.6 Å². The van der Waals surface area contributed by atoms with Crippen LogP contribution in [0.2, 0.25) is 5.02 Å². The Hall–Kier alpha value is -3.37. The molecule has 0 radical (unpaired) electrons. The molecule has 3 aromatic carbocycles. The predicted molar refractivity (Wildman–Crippen MR) is 121 cm³/mol. The van der Waals surface area contributed by atoms with Gasteiger partial charge in [0.2, 0.25) is 5.91 Å². The Morgan fingerprint density at radius 3 is 2.24 bits per heavy atom. The number of amides is 1. The van der Waals surface area contributed by atoms with E-state index in [0.29, 0.717) is 5.75 Å². The van der Waals surface area contributed by atoms with E-state index in [0.717, 1.165) is 22.5 Å². The minimum absolute atomic E-state index is 0.0541. The van der Waals surface area contributed by atoms with Crippen LogP contribution in [0.15, 0.2) is 65.6 Å². The van der Waals surface area contributed by atoms with Gasteiger partial charge in [-0.1, -0.05) is 11.6 Å².